The second kappa shape index (κ2) is 16.8. The number of nitro benzene ring substituents is 1. The quantitative estimate of drug-likeness (QED) is 0.131. The van der Waals surface area contributed by atoms with E-state index in [1.165, 1.54) is 12.8 Å². The molecule has 0 amide bonds. The summed E-state index contributed by atoms with van der Waals surface area (Å²) >= 11 is 0. The Morgan fingerprint density at radius 1 is 0.667 bits per heavy atom. The van der Waals surface area contributed by atoms with Gasteiger partial charge in [-0.15, -0.1) is 0 Å². The molecule has 0 aromatic heterocycles. The van der Waals surface area contributed by atoms with Gasteiger partial charge in [0.1, 0.15) is 5.75 Å². The zero-order valence-electron chi connectivity index (χ0n) is 19.2. The van der Waals surface area contributed by atoms with Crippen LogP contribution in [0.15, 0.2) is 12.1 Å². The molecule has 0 aliphatic heterocycles. The van der Waals surface area contributed by atoms with E-state index in [1.807, 2.05) is 0 Å². The standard InChI is InChI=1S/C24H41NO5/c1-4-7-10-13-16-28-21-19-22(29-17-14-11-8-5-2)24(25(26)27)23(20-21)30-18-15-12-9-6-3/h19-20H,4-18H2,1-3H3. The lowest BCUT2D eigenvalue weighted by atomic mass is 10.2. The first-order valence-electron chi connectivity index (χ1n) is 11.8. The molecule has 1 aromatic carbocycles. The molecule has 0 aliphatic rings. The zero-order chi connectivity index (χ0) is 22.0. The summed E-state index contributed by atoms with van der Waals surface area (Å²) in [5.74, 6) is 1.06. The van der Waals surface area contributed by atoms with E-state index in [2.05, 4.69) is 20.8 Å². The fourth-order valence-electron chi connectivity index (χ4n) is 3.18. The van der Waals surface area contributed by atoms with E-state index in [4.69, 9.17) is 14.2 Å². The van der Waals surface area contributed by atoms with Crippen molar-refractivity contribution in [3.05, 3.63) is 22.2 Å². The maximum Gasteiger partial charge on any atom is 0.352 e. The second-order valence-electron chi connectivity index (χ2n) is 7.75. The number of rotatable bonds is 19. The van der Waals surface area contributed by atoms with Crippen LogP contribution < -0.4 is 14.2 Å². The largest absolute Gasteiger partial charge is 0.493 e. The van der Waals surface area contributed by atoms with Crippen molar-refractivity contribution >= 4 is 5.69 Å². The summed E-state index contributed by atoms with van der Waals surface area (Å²) < 4.78 is 17.5. The second-order valence-corrected chi connectivity index (χ2v) is 7.75. The molecule has 0 unspecified atom stereocenters. The average molecular weight is 424 g/mol. The number of unbranched alkanes of at least 4 members (excludes halogenated alkanes) is 9. The number of nitro groups is 1. The SMILES string of the molecule is CCCCCCOc1cc(OCCCCCC)c([N+](=O)[O-])c(OCCCCCC)c1. The van der Waals surface area contributed by atoms with Crippen molar-refractivity contribution in [3.63, 3.8) is 0 Å². The van der Waals surface area contributed by atoms with Crippen LogP contribution in [0.25, 0.3) is 0 Å². The number of hydrogen-bond donors (Lipinski definition) is 0. The summed E-state index contributed by atoms with van der Waals surface area (Å²) in [6, 6.07) is 3.28. The monoisotopic (exact) mass is 423 g/mol. The van der Waals surface area contributed by atoms with Crippen LogP contribution in [-0.2, 0) is 0 Å². The minimum atomic E-state index is -0.409. The number of benzene rings is 1. The minimum Gasteiger partial charge on any atom is -0.493 e. The van der Waals surface area contributed by atoms with E-state index >= 15 is 0 Å². The molecule has 172 valence electrons. The molecule has 0 spiro atoms. The van der Waals surface area contributed by atoms with Crippen molar-refractivity contribution in [2.75, 3.05) is 19.8 Å². The van der Waals surface area contributed by atoms with Crippen molar-refractivity contribution in [1.29, 1.82) is 0 Å². The van der Waals surface area contributed by atoms with Crippen molar-refractivity contribution < 1.29 is 19.1 Å². The molecule has 1 rings (SSSR count). The molecule has 0 aliphatic carbocycles. The lowest BCUT2D eigenvalue weighted by molar-refractivity contribution is -0.386. The third-order valence-electron chi connectivity index (χ3n) is 4.97. The highest BCUT2D eigenvalue weighted by molar-refractivity contribution is 5.61. The van der Waals surface area contributed by atoms with E-state index < -0.39 is 4.92 Å². The highest BCUT2D eigenvalue weighted by atomic mass is 16.6. The van der Waals surface area contributed by atoms with Crippen LogP contribution in [-0.4, -0.2) is 24.7 Å². The van der Waals surface area contributed by atoms with Crippen LogP contribution in [0.4, 0.5) is 5.69 Å². The Balaban J connectivity index is 2.88. The van der Waals surface area contributed by atoms with Gasteiger partial charge in [-0.05, 0) is 19.3 Å². The van der Waals surface area contributed by atoms with Crippen LogP contribution in [0.1, 0.15) is 97.8 Å². The molecule has 0 saturated heterocycles. The maximum absolute atomic E-state index is 11.8. The first-order chi connectivity index (χ1) is 14.6. The summed E-state index contributed by atoms with van der Waals surface area (Å²) in [5.41, 5.74) is -0.0979. The number of hydrogen-bond acceptors (Lipinski definition) is 5. The predicted molar refractivity (Wildman–Crippen MR) is 122 cm³/mol. The van der Waals surface area contributed by atoms with Crippen molar-refractivity contribution in [3.8, 4) is 17.2 Å². The fourth-order valence-corrected chi connectivity index (χ4v) is 3.18. The van der Waals surface area contributed by atoms with E-state index in [0.29, 0.717) is 25.6 Å². The molecule has 0 radical (unpaired) electrons. The summed E-state index contributed by atoms with van der Waals surface area (Å²) in [6.07, 6.45) is 12.8. The normalized spacial score (nSPS) is 10.8. The van der Waals surface area contributed by atoms with E-state index in [-0.39, 0.29) is 17.2 Å². The Bertz CT molecular complexity index is 556. The van der Waals surface area contributed by atoms with E-state index in [9.17, 15) is 10.1 Å². The van der Waals surface area contributed by atoms with Gasteiger partial charge in [-0.25, -0.2) is 0 Å². The molecule has 6 heteroatoms. The maximum atomic E-state index is 11.8. The molecular weight excluding hydrogens is 382 g/mol. The first kappa shape index (κ1) is 26.1. The molecule has 0 N–H and O–H groups in total. The van der Waals surface area contributed by atoms with Gasteiger partial charge in [0.15, 0.2) is 0 Å². The zero-order valence-corrected chi connectivity index (χ0v) is 19.2. The Labute approximate surface area is 182 Å². The lowest BCUT2D eigenvalue weighted by Crippen LogP contribution is -2.06. The first-order valence-corrected chi connectivity index (χ1v) is 11.8. The molecule has 1 aromatic rings. The summed E-state index contributed by atoms with van der Waals surface area (Å²) in [6.45, 7) is 7.97. The molecule has 0 bridgehead atoms. The summed E-state index contributed by atoms with van der Waals surface area (Å²) in [4.78, 5) is 11.4. The van der Waals surface area contributed by atoms with Gasteiger partial charge in [-0.3, -0.25) is 10.1 Å². The van der Waals surface area contributed by atoms with Crippen LogP contribution in [0.3, 0.4) is 0 Å². The van der Waals surface area contributed by atoms with E-state index in [1.54, 1.807) is 12.1 Å². The molecule has 6 nitrogen and oxygen atoms in total. The molecular formula is C24H41NO5. The Morgan fingerprint density at radius 3 is 1.43 bits per heavy atom. The lowest BCUT2D eigenvalue weighted by Gasteiger charge is -2.14. The highest BCUT2D eigenvalue weighted by Gasteiger charge is 2.25. The Hall–Kier alpha value is -1.98. The van der Waals surface area contributed by atoms with Gasteiger partial charge >= 0.3 is 5.69 Å². The third kappa shape index (κ3) is 10.7. The number of ether oxygens (including phenoxy) is 3. The van der Waals surface area contributed by atoms with Gasteiger partial charge in [-0.2, -0.15) is 0 Å². The third-order valence-corrected chi connectivity index (χ3v) is 4.97. The molecule has 0 atom stereocenters. The van der Waals surface area contributed by atoms with Gasteiger partial charge < -0.3 is 14.2 Å². The van der Waals surface area contributed by atoms with Gasteiger partial charge in [0.2, 0.25) is 11.5 Å². The van der Waals surface area contributed by atoms with Crippen LogP contribution >= 0.6 is 0 Å². The fraction of sp³-hybridized carbons (Fsp3) is 0.750. The van der Waals surface area contributed by atoms with Crippen LogP contribution in [0.2, 0.25) is 0 Å². The Morgan fingerprint density at radius 2 is 1.07 bits per heavy atom. The van der Waals surface area contributed by atoms with Crippen LogP contribution in [0, 0.1) is 10.1 Å². The minimum absolute atomic E-state index is 0.0979. The smallest absolute Gasteiger partial charge is 0.352 e. The molecule has 0 fully saturated rings. The highest BCUT2D eigenvalue weighted by Crippen LogP contribution is 2.41. The van der Waals surface area contributed by atoms with Crippen LogP contribution in [0.5, 0.6) is 17.2 Å². The van der Waals surface area contributed by atoms with Crippen molar-refractivity contribution in [1.82, 2.24) is 0 Å². The molecule has 0 saturated carbocycles. The van der Waals surface area contributed by atoms with E-state index in [0.717, 1.165) is 64.2 Å². The number of nitrogens with zero attached hydrogens (tertiary/aromatic N) is 1. The predicted octanol–water partition coefficient (Wildman–Crippen LogP) is 7.47. The molecule has 30 heavy (non-hydrogen) atoms. The van der Waals surface area contributed by atoms with Crippen molar-refractivity contribution in [2.45, 2.75) is 97.8 Å². The summed E-state index contributed by atoms with van der Waals surface area (Å²) in [7, 11) is 0. The van der Waals surface area contributed by atoms with Crippen molar-refractivity contribution in [2.24, 2.45) is 0 Å². The summed E-state index contributed by atoms with van der Waals surface area (Å²) in [5, 5.41) is 11.8. The molecule has 0 heterocycles. The van der Waals surface area contributed by atoms with Gasteiger partial charge in [0.25, 0.3) is 0 Å². The van der Waals surface area contributed by atoms with Gasteiger partial charge in [0.05, 0.1) is 24.7 Å². The topological polar surface area (TPSA) is 70.8 Å². The van der Waals surface area contributed by atoms with Gasteiger partial charge in [-0.1, -0.05) is 78.6 Å². The Kier molecular flexibility index (Phi) is 14.6. The average Bonchev–Trinajstić information content (AvgIpc) is 2.73. The van der Waals surface area contributed by atoms with Gasteiger partial charge in [0, 0.05) is 12.1 Å².